The van der Waals surface area contributed by atoms with Gasteiger partial charge in [-0.25, -0.2) is 0 Å². The van der Waals surface area contributed by atoms with Crippen LogP contribution in [-0.2, 0) is 6.54 Å². The Labute approximate surface area is 167 Å². The van der Waals surface area contributed by atoms with Gasteiger partial charge in [0.2, 0.25) is 0 Å². The number of carbonyl (C=O) groups excluding carboxylic acids is 2. The summed E-state index contributed by atoms with van der Waals surface area (Å²) < 4.78 is 36.7. The van der Waals surface area contributed by atoms with Gasteiger partial charge in [0.25, 0.3) is 11.8 Å². The Morgan fingerprint density at radius 2 is 1.72 bits per heavy atom. The summed E-state index contributed by atoms with van der Waals surface area (Å²) in [5, 5.41) is 1.85. The summed E-state index contributed by atoms with van der Waals surface area (Å²) in [6.45, 7) is 2.92. The van der Waals surface area contributed by atoms with Crippen molar-refractivity contribution in [1.29, 1.82) is 0 Å². The van der Waals surface area contributed by atoms with Crippen LogP contribution in [0, 0.1) is 13.8 Å². The Balaban J connectivity index is 1.71. The number of benzene rings is 2. The number of carbonyl (C=O) groups is 2. The summed E-state index contributed by atoms with van der Waals surface area (Å²) in [5.41, 5.74) is 3.67. The molecule has 0 bridgehead atoms. The van der Waals surface area contributed by atoms with Crippen molar-refractivity contribution in [2.75, 3.05) is 6.54 Å². The molecule has 0 spiro atoms. The first kappa shape index (κ1) is 20.9. The number of nitrogens with one attached hydrogen (secondary N) is 1. The highest BCUT2D eigenvalue weighted by Crippen LogP contribution is 2.30. The van der Waals surface area contributed by atoms with Crippen LogP contribution in [0.2, 0.25) is 0 Å². The molecule has 0 heterocycles. The molecule has 0 radical (unpaired) electrons. The molecule has 1 N–H and O–H groups in total. The smallest absolute Gasteiger partial charge is 0.343 e. The van der Waals surface area contributed by atoms with Crippen molar-refractivity contribution in [2.24, 2.45) is 0 Å². The van der Waals surface area contributed by atoms with Gasteiger partial charge in [-0.1, -0.05) is 24.3 Å². The summed E-state index contributed by atoms with van der Waals surface area (Å²) >= 11 is 0. The molecule has 1 aliphatic carbocycles. The van der Waals surface area contributed by atoms with Crippen molar-refractivity contribution < 1.29 is 22.8 Å². The lowest BCUT2D eigenvalue weighted by Crippen LogP contribution is -2.34. The molecule has 0 aromatic heterocycles. The van der Waals surface area contributed by atoms with Crippen LogP contribution in [-0.4, -0.2) is 35.5 Å². The summed E-state index contributed by atoms with van der Waals surface area (Å²) in [6.07, 6.45) is -2.54. The number of rotatable bonds is 6. The maximum Gasteiger partial charge on any atom is 0.405 e. The fourth-order valence-corrected chi connectivity index (χ4v) is 3.13. The first-order valence-corrected chi connectivity index (χ1v) is 9.47. The fourth-order valence-electron chi connectivity index (χ4n) is 3.13. The molecule has 4 nitrogen and oxygen atoms in total. The molecule has 1 saturated carbocycles. The molecule has 0 saturated heterocycles. The van der Waals surface area contributed by atoms with Crippen LogP contribution in [0.1, 0.15) is 50.2 Å². The first-order chi connectivity index (χ1) is 13.7. The molecule has 3 rings (SSSR count). The summed E-state index contributed by atoms with van der Waals surface area (Å²) in [7, 11) is 0. The van der Waals surface area contributed by atoms with Gasteiger partial charge in [-0.2, -0.15) is 13.2 Å². The van der Waals surface area contributed by atoms with Crippen molar-refractivity contribution >= 4 is 11.8 Å². The Morgan fingerprint density at radius 3 is 2.31 bits per heavy atom. The van der Waals surface area contributed by atoms with Gasteiger partial charge < -0.3 is 10.2 Å². The van der Waals surface area contributed by atoms with Crippen LogP contribution in [0.15, 0.2) is 42.5 Å². The largest absolute Gasteiger partial charge is 0.405 e. The van der Waals surface area contributed by atoms with Crippen LogP contribution in [0.5, 0.6) is 0 Å². The molecule has 2 aromatic carbocycles. The maximum atomic E-state index is 13.1. The minimum absolute atomic E-state index is 0.0271. The van der Waals surface area contributed by atoms with Gasteiger partial charge in [0.15, 0.2) is 0 Å². The zero-order valence-electron chi connectivity index (χ0n) is 16.3. The van der Waals surface area contributed by atoms with E-state index < -0.39 is 18.6 Å². The van der Waals surface area contributed by atoms with E-state index in [2.05, 4.69) is 0 Å². The van der Waals surface area contributed by atoms with Gasteiger partial charge in [-0.3, -0.25) is 9.59 Å². The molecule has 2 aromatic rings. The lowest BCUT2D eigenvalue weighted by Gasteiger charge is -2.24. The third-order valence-electron chi connectivity index (χ3n) is 5.10. The second-order valence-corrected chi connectivity index (χ2v) is 7.41. The summed E-state index contributed by atoms with van der Waals surface area (Å²) in [6, 6.07) is 12.2. The topological polar surface area (TPSA) is 49.4 Å². The number of aryl methyl sites for hydroxylation is 1. The molecule has 1 fully saturated rings. The van der Waals surface area contributed by atoms with Crippen LogP contribution in [0.25, 0.3) is 0 Å². The normalized spacial score (nSPS) is 13.8. The zero-order valence-corrected chi connectivity index (χ0v) is 16.3. The molecule has 0 unspecified atom stereocenters. The molecule has 1 aliphatic rings. The molecular weight excluding hydrogens is 381 g/mol. The van der Waals surface area contributed by atoms with Gasteiger partial charge in [-0.05, 0) is 61.6 Å². The highest BCUT2D eigenvalue weighted by Gasteiger charge is 2.33. The third-order valence-corrected chi connectivity index (χ3v) is 5.10. The lowest BCUT2D eigenvalue weighted by molar-refractivity contribution is -0.123. The monoisotopic (exact) mass is 404 g/mol. The Kier molecular flexibility index (Phi) is 5.96. The van der Waals surface area contributed by atoms with Crippen LogP contribution < -0.4 is 5.32 Å². The molecule has 154 valence electrons. The standard InChI is InChI=1S/C22H23F3N2O2/c1-14-4-3-5-19(15(14)2)21(29)27(18-10-11-18)12-16-6-8-17(9-7-16)20(28)26-13-22(23,24)25/h3-9,18H,10-13H2,1-2H3,(H,26,28). The van der Waals surface area contributed by atoms with E-state index in [0.717, 1.165) is 29.5 Å². The Morgan fingerprint density at radius 1 is 1.07 bits per heavy atom. The van der Waals surface area contributed by atoms with Crippen molar-refractivity contribution in [3.63, 3.8) is 0 Å². The number of amides is 2. The zero-order chi connectivity index (χ0) is 21.2. The highest BCUT2D eigenvalue weighted by atomic mass is 19.4. The van der Waals surface area contributed by atoms with Gasteiger partial charge in [0.05, 0.1) is 0 Å². The van der Waals surface area contributed by atoms with Crippen LogP contribution in [0.4, 0.5) is 13.2 Å². The van der Waals surface area contributed by atoms with Crippen LogP contribution in [0.3, 0.4) is 0 Å². The van der Waals surface area contributed by atoms with Gasteiger partial charge >= 0.3 is 6.18 Å². The van der Waals surface area contributed by atoms with E-state index in [1.807, 2.05) is 42.3 Å². The Hall–Kier alpha value is -2.83. The van der Waals surface area contributed by atoms with E-state index >= 15 is 0 Å². The van der Waals surface area contributed by atoms with E-state index in [4.69, 9.17) is 0 Å². The molecule has 0 atom stereocenters. The van der Waals surface area contributed by atoms with Crippen molar-refractivity contribution in [2.45, 2.75) is 45.5 Å². The number of alkyl halides is 3. The molecule has 7 heteroatoms. The molecule has 2 amide bonds. The van der Waals surface area contributed by atoms with Gasteiger partial charge in [-0.15, -0.1) is 0 Å². The predicted molar refractivity (Wildman–Crippen MR) is 104 cm³/mol. The minimum Gasteiger partial charge on any atom is -0.343 e. The molecule has 29 heavy (non-hydrogen) atoms. The van der Waals surface area contributed by atoms with Crippen LogP contribution >= 0.6 is 0 Å². The summed E-state index contributed by atoms with van der Waals surface area (Å²) in [4.78, 5) is 26.8. The van der Waals surface area contributed by atoms with Crippen molar-refractivity contribution in [3.8, 4) is 0 Å². The van der Waals surface area contributed by atoms with Crippen molar-refractivity contribution in [1.82, 2.24) is 10.2 Å². The number of halogens is 3. The van der Waals surface area contributed by atoms with Crippen molar-refractivity contribution in [3.05, 3.63) is 70.3 Å². The number of nitrogens with zero attached hydrogens (tertiary/aromatic N) is 1. The molecular formula is C22H23F3N2O2. The predicted octanol–water partition coefficient (Wildman–Crippen LogP) is 4.40. The van der Waals surface area contributed by atoms with E-state index in [1.54, 1.807) is 12.1 Å². The van der Waals surface area contributed by atoms with Gasteiger partial charge in [0, 0.05) is 23.7 Å². The second kappa shape index (κ2) is 8.27. The first-order valence-electron chi connectivity index (χ1n) is 9.47. The SMILES string of the molecule is Cc1cccc(C(=O)N(Cc2ccc(C(=O)NCC(F)(F)F)cc2)C2CC2)c1C. The van der Waals surface area contributed by atoms with E-state index in [1.165, 1.54) is 12.1 Å². The quantitative estimate of drug-likeness (QED) is 0.776. The number of hydrogen-bond acceptors (Lipinski definition) is 2. The lowest BCUT2D eigenvalue weighted by atomic mass is 10.0. The van der Waals surface area contributed by atoms with Gasteiger partial charge in [0.1, 0.15) is 6.54 Å². The Bertz CT molecular complexity index is 903. The average molecular weight is 404 g/mol. The third kappa shape index (κ3) is 5.37. The highest BCUT2D eigenvalue weighted by molar-refractivity contribution is 5.96. The number of hydrogen-bond donors (Lipinski definition) is 1. The average Bonchev–Trinajstić information content (AvgIpc) is 3.51. The van der Waals surface area contributed by atoms with E-state index in [-0.39, 0.29) is 17.5 Å². The second-order valence-electron chi connectivity index (χ2n) is 7.41. The van der Waals surface area contributed by atoms with E-state index in [9.17, 15) is 22.8 Å². The van der Waals surface area contributed by atoms with E-state index in [0.29, 0.717) is 12.1 Å². The summed E-state index contributed by atoms with van der Waals surface area (Å²) in [5.74, 6) is -0.805. The maximum absolute atomic E-state index is 13.1. The minimum atomic E-state index is -4.45. The fraction of sp³-hybridized carbons (Fsp3) is 0.364. The molecule has 0 aliphatic heterocycles.